The van der Waals surface area contributed by atoms with Gasteiger partial charge >= 0.3 is 0 Å². The van der Waals surface area contributed by atoms with Crippen LogP contribution in [-0.2, 0) is 4.74 Å². The third-order valence-corrected chi connectivity index (χ3v) is 4.18. The van der Waals surface area contributed by atoms with Crippen LogP contribution in [0.5, 0.6) is 0 Å². The van der Waals surface area contributed by atoms with Gasteiger partial charge in [-0.1, -0.05) is 12.8 Å². The van der Waals surface area contributed by atoms with Crippen LogP contribution in [0.15, 0.2) is 0 Å². The Bertz CT molecular complexity index is 214. The maximum atomic E-state index is 5.82. The zero-order valence-electron chi connectivity index (χ0n) is 11.5. The van der Waals surface area contributed by atoms with Crippen molar-refractivity contribution in [3.05, 3.63) is 0 Å². The molecule has 1 unspecified atom stereocenters. The van der Waals surface area contributed by atoms with Gasteiger partial charge in [0.2, 0.25) is 0 Å². The van der Waals surface area contributed by atoms with Crippen molar-refractivity contribution in [2.75, 3.05) is 32.8 Å². The molecule has 0 aromatic rings. The predicted octanol–water partition coefficient (Wildman–Crippen LogP) is 1.88. The molecule has 1 saturated heterocycles. The minimum Gasteiger partial charge on any atom is -0.374 e. The van der Waals surface area contributed by atoms with Crippen LogP contribution in [0.2, 0.25) is 0 Å². The highest BCUT2D eigenvalue weighted by Gasteiger charge is 2.22. The summed E-state index contributed by atoms with van der Waals surface area (Å²) >= 11 is 0. The van der Waals surface area contributed by atoms with Gasteiger partial charge in [0.05, 0.1) is 12.7 Å². The zero-order valence-corrected chi connectivity index (χ0v) is 11.5. The van der Waals surface area contributed by atoms with Gasteiger partial charge in [0.1, 0.15) is 0 Å². The van der Waals surface area contributed by atoms with Gasteiger partial charge in [0.25, 0.3) is 0 Å². The summed E-state index contributed by atoms with van der Waals surface area (Å²) in [6, 6.07) is 0.649. The highest BCUT2D eigenvalue weighted by Crippen LogP contribution is 2.23. The van der Waals surface area contributed by atoms with Crippen molar-refractivity contribution >= 4 is 0 Å². The molecule has 1 aliphatic carbocycles. The first-order chi connectivity index (χ1) is 8.25. The summed E-state index contributed by atoms with van der Waals surface area (Å²) in [7, 11) is 0. The van der Waals surface area contributed by atoms with Crippen molar-refractivity contribution in [2.24, 2.45) is 5.92 Å². The first-order valence-corrected chi connectivity index (χ1v) is 7.32. The number of hydrogen-bond donors (Lipinski definition) is 1. The second-order valence-electron chi connectivity index (χ2n) is 5.89. The lowest BCUT2D eigenvalue weighted by molar-refractivity contribution is -0.0373. The third kappa shape index (κ3) is 4.23. The van der Waals surface area contributed by atoms with E-state index < -0.39 is 0 Å². The fourth-order valence-corrected chi connectivity index (χ4v) is 3.00. The number of morpholine rings is 1. The fraction of sp³-hybridized carbons (Fsp3) is 1.00. The Morgan fingerprint density at radius 1 is 1.24 bits per heavy atom. The zero-order chi connectivity index (χ0) is 12.1. The molecule has 2 fully saturated rings. The number of ether oxygens (including phenoxy) is 1. The Morgan fingerprint density at radius 2 is 2.00 bits per heavy atom. The number of hydrogen-bond acceptors (Lipinski definition) is 3. The van der Waals surface area contributed by atoms with Gasteiger partial charge in [-0.25, -0.2) is 0 Å². The molecule has 1 heterocycles. The summed E-state index contributed by atoms with van der Waals surface area (Å²) < 4.78 is 5.82. The van der Waals surface area contributed by atoms with Gasteiger partial charge in [-0.15, -0.1) is 0 Å². The van der Waals surface area contributed by atoms with Crippen LogP contribution >= 0.6 is 0 Å². The Kier molecular flexibility index (Phi) is 5.26. The van der Waals surface area contributed by atoms with E-state index in [0.29, 0.717) is 12.1 Å². The van der Waals surface area contributed by atoms with Crippen LogP contribution in [0.1, 0.15) is 39.5 Å². The molecule has 1 saturated carbocycles. The molecule has 17 heavy (non-hydrogen) atoms. The second-order valence-corrected chi connectivity index (χ2v) is 5.89. The molecular weight excluding hydrogens is 212 g/mol. The first kappa shape index (κ1) is 13.3. The summed E-state index contributed by atoms with van der Waals surface area (Å²) in [4.78, 5) is 2.52. The molecule has 0 aromatic heterocycles. The van der Waals surface area contributed by atoms with E-state index in [1.54, 1.807) is 0 Å². The van der Waals surface area contributed by atoms with E-state index in [0.717, 1.165) is 32.2 Å². The Hall–Kier alpha value is -0.120. The summed E-state index contributed by atoms with van der Waals surface area (Å²) in [6.45, 7) is 9.85. The quantitative estimate of drug-likeness (QED) is 0.794. The fourth-order valence-electron chi connectivity index (χ4n) is 3.00. The third-order valence-electron chi connectivity index (χ3n) is 4.18. The van der Waals surface area contributed by atoms with E-state index in [1.165, 1.54) is 32.2 Å². The first-order valence-electron chi connectivity index (χ1n) is 7.32. The van der Waals surface area contributed by atoms with Crippen LogP contribution in [0, 0.1) is 5.92 Å². The van der Waals surface area contributed by atoms with E-state index in [-0.39, 0.29) is 0 Å². The largest absolute Gasteiger partial charge is 0.374 e. The highest BCUT2D eigenvalue weighted by atomic mass is 16.5. The van der Waals surface area contributed by atoms with E-state index in [1.807, 2.05) is 0 Å². The number of nitrogens with one attached hydrogen (secondary N) is 1. The lowest BCUT2D eigenvalue weighted by atomic mass is 10.1. The van der Waals surface area contributed by atoms with Gasteiger partial charge in [0.15, 0.2) is 0 Å². The van der Waals surface area contributed by atoms with Crippen LogP contribution in [0.4, 0.5) is 0 Å². The maximum absolute atomic E-state index is 5.82. The maximum Gasteiger partial charge on any atom is 0.0826 e. The van der Waals surface area contributed by atoms with E-state index >= 15 is 0 Å². The molecule has 1 atom stereocenters. The molecular formula is C14H28N2O. The molecule has 3 nitrogen and oxygen atoms in total. The Labute approximate surface area is 106 Å². The molecule has 2 rings (SSSR count). The van der Waals surface area contributed by atoms with E-state index in [4.69, 9.17) is 4.74 Å². The van der Waals surface area contributed by atoms with Crippen molar-refractivity contribution in [2.45, 2.75) is 51.7 Å². The molecule has 0 radical (unpaired) electrons. The van der Waals surface area contributed by atoms with Crippen molar-refractivity contribution in [3.63, 3.8) is 0 Å². The predicted molar refractivity (Wildman–Crippen MR) is 71.3 cm³/mol. The summed E-state index contributed by atoms with van der Waals surface area (Å²) in [6.07, 6.45) is 6.13. The molecule has 0 aromatic carbocycles. The smallest absolute Gasteiger partial charge is 0.0826 e. The lowest BCUT2D eigenvalue weighted by Gasteiger charge is -2.35. The van der Waals surface area contributed by atoms with Crippen molar-refractivity contribution in [3.8, 4) is 0 Å². The van der Waals surface area contributed by atoms with Crippen molar-refractivity contribution < 1.29 is 4.74 Å². The standard InChI is InChI=1S/C14H28N2O/c1-12(2)16-7-8-17-14(11-16)10-15-9-13-5-3-4-6-13/h12-15H,3-11H2,1-2H3. The average molecular weight is 240 g/mol. The topological polar surface area (TPSA) is 24.5 Å². The summed E-state index contributed by atoms with van der Waals surface area (Å²) in [5.41, 5.74) is 0. The van der Waals surface area contributed by atoms with Crippen LogP contribution in [0.3, 0.4) is 0 Å². The molecule has 100 valence electrons. The minimum atomic E-state index is 0.396. The normalized spacial score (nSPS) is 28.1. The molecule has 0 amide bonds. The van der Waals surface area contributed by atoms with Gasteiger partial charge in [0, 0.05) is 25.7 Å². The minimum absolute atomic E-state index is 0.396. The summed E-state index contributed by atoms with van der Waals surface area (Å²) in [5.74, 6) is 0.930. The van der Waals surface area contributed by atoms with E-state index in [2.05, 4.69) is 24.1 Å². The number of nitrogens with zero attached hydrogens (tertiary/aromatic N) is 1. The van der Waals surface area contributed by atoms with Crippen LogP contribution < -0.4 is 5.32 Å². The molecule has 1 aliphatic heterocycles. The monoisotopic (exact) mass is 240 g/mol. The molecule has 3 heteroatoms. The Balaban J connectivity index is 1.61. The molecule has 2 aliphatic rings. The van der Waals surface area contributed by atoms with Crippen LogP contribution in [-0.4, -0.2) is 49.8 Å². The van der Waals surface area contributed by atoms with E-state index in [9.17, 15) is 0 Å². The van der Waals surface area contributed by atoms with Gasteiger partial charge < -0.3 is 10.1 Å². The lowest BCUT2D eigenvalue weighted by Crippen LogP contribution is -2.49. The van der Waals surface area contributed by atoms with Gasteiger partial charge in [-0.05, 0) is 39.2 Å². The molecule has 0 bridgehead atoms. The second kappa shape index (κ2) is 6.72. The van der Waals surface area contributed by atoms with Crippen molar-refractivity contribution in [1.29, 1.82) is 0 Å². The average Bonchev–Trinajstić information content (AvgIpc) is 2.82. The van der Waals surface area contributed by atoms with Crippen LogP contribution in [0.25, 0.3) is 0 Å². The number of rotatable bonds is 5. The summed E-state index contributed by atoms with van der Waals surface area (Å²) in [5, 5.41) is 3.60. The SMILES string of the molecule is CC(C)N1CCOC(CNCC2CCCC2)C1. The molecule has 0 spiro atoms. The highest BCUT2D eigenvalue weighted by molar-refractivity contribution is 4.77. The van der Waals surface area contributed by atoms with Gasteiger partial charge in [-0.3, -0.25) is 4.90 Å². The van der Waals surface area contributed by atoms with Crippen molar-refractivity contribution in [1.82, 2.24) is 10.2 Å². The van der Waals surface area contributed by atoms with Gasteiger partial charge in [-0.2, -0.15) is 0 Å². The Morgan fingerprint density at radius 3 is 2.71 bits per heavy atom. The molecule has 1 N–H and O–H groups in total.